The van der Waals surface area contributed by atoms with Gasteiger partial charge in [0.25, 0.3) is 0 Å². The highest BCUT2D eigenvalue weighted by Gasteiger charge is 2.59. The molecular formula is C28H48O2. The maximum absolute atomic E-state index is 10.2. The molecule has 1 N–H and O–H groups in total. The van der Waals surface area contributed by atoms with Crippen molar-refractivity contribution < 1.29 is 9.84 Å². The molecule has 0 aliphatic heterocycles. The number of hydrogen-bond acceptors (Lipinski definition) is 2. The topological polar surface area (TPSA) is 29.5 Å². The molecule has 4 rings (SSSR count). The van der Waals surface area contributed by atoms with E-state index in [4.69, 9.17) is 4.74 Å². The van der Waals surface area contributed by atoms with E-state index in [9.17, 15) is 5.11 Å². The quantitative estimate of drug-likeness (QED) is 0.352. The fourth-order valence-corrected chi connectivity index (χ4v) is 8.67. The van der Waals surface area contributed by atoms with Crippen molar-refractivity contribution in [1.82, 2.24) is 0 Å². The summed E-state index contributed by atoms with van der Waals surface area (Å²) in [7, 11) is 1.97. The zero-order valence-corrected chi connectivity index (χ0v) is 20.5. The summed E-state index contributed by atoms with van der Waals surface area (Å²) in [5.74, 6) is 4.14. The zero-order valence-electron chi connectivity index (χ0n) is 20.5. The van der Waals surface area contributed by atoms with Crippen LogP contribution >= 0.6 is 0 Å². The molecule has 0 spiro atoms. The molecule has 0 aromatic carbocycles. The Morgan fingerprint density at radius 3 is 2.53 bits per heavy atom. The largest absolute Gasteiger partial charge is 0.393 e. The van der Waals surface area contributed by atoms with Crippen molar-refractivity contribution in [3.05, 3.63) is 11.6 Å². The third kappa shape index (κ3) is 3.94. The molecule has 0 bridgehead atoms. The van der Waals surface area contributed by atoms with E-state index in [0.29, 0.717) is 16.9 Å². The molecule has 8 atom stereocenters. The van der Waals surface area contributed by atoms with Crippen LogP contribution in [0.2, 0.25) is 0 Å². The molecule has 30 heavy (non-hydrogen) atoms. The number of aliphatic hydroxyl groups is 1. The molecule has 3 saturated carbocycles. The van der Waals surface area contributed by atoms with Crippen LogP contribution in [0.3, 0.4) is 0 Å². The molecule has 0 heterocycles. The Labute approximate surface area is 186 Å². The van der Waals surface area contributed by atoms with E-state index in [1.807, 2.05) is 7.11 Å². The smallest absolute Gasteiger partial charge is 0.0604 e. The highest BCUT2D eigenvalue weighted by molar-refractivity contribution is 5.25. The maximum Gasteiger partial charge on any atom is 0.0604 e. The Morgan fingerprint density at radius 1 is 1.03 bits per heavy atom. The van der Waals surface area contributed by atoms with E-state index < -0.39 is 0 Å². The highest BCUT2D eigenvalue weighted by Crippen LogP contribution is 2.66. The van der Waals surface area contributed by atoms with Crippen LogP contribution < -0.4 is 0 Å². The van der Waals surface area contributed by atoms with Gasteiger partial charge in [-0.2, -0.15) is 0 Å². The molecule has 2 heteroatoms. The van der Waals surface area contributed by atoms with Gasteiger partial charge >= 0.3 is 0 Å². The van der Waals surface area contributed by atoms with Gasteiger partial charge in [0, 0.05) is 7.11 Å². The van der Waals surface area contributed by atoms with Gasteiger partial charge in [-0.15, -0.1) is 0 Å². The molecule has 172 valence electrons. The second-order valence-corrected chi connectivity index (χ2v) is 12.3. The fourth-order valence-electron chi connectivity index (χ4n) is 8.67. The predicted molar refractivity (Wildman–Crippen MR) is 125 cm³/mol. The normalized spacial score (nSPS) is 44.2. The average molecular weight is 417 g/mol. The molecule has 0 aromatic heterocycles. The Hall–Kier alpha value is -0.340. The summed E-state index contributed by atoms with van der Waals surface area (Å²) in [6.07, 6.45) is 18.2. The first-order valence-corrected chi connectivity index (χ1v) is 13.2. The molecule has 4 aliphatic rings. The highest BCUT2D eigenvalue weighted by atomic mass is 16.5. The molecule has 5 unspecified atom stereocenters. The van der Waals surface area contributed by atoms with Crippen LogP contribution in [0.1, 0.15) is 105 Å². The number of allylic oxidation sites excluding steroid dienone is 1. The van der Waals surface area contributed by atoms with Crippen LogP contribution in [-0.2, 0) is 4.74 Å². The van der Waals surface area contributed by atoms with Crippen LogP contribution in [0, 0.1) is 40.4 Å². The molecule has 0 radical (unpaired) electrons. The molecule has 2 nitrogen and oxygen atoms in total. The number of rotatable bonds is 7. The van der Waals surface area contributed by atoms with E-state index in [-0.39, 0.29) is 6.10 Å². The van der Waals surface area contributed by atoms with E-state index >= 15 is 0 Å². The monoisotopic (exact) mass is 416 g/mol. The van der Waals surface area contributed by atoms with Crippen molar-refractivity contribution in [2.45, 2.75) is 117 Å². The number of fused-ring (bicyclic) bond motifs is 5. The third-order valence-corrected chi connectivity index (χ3v) is 10.4. The van der Waals surface area contributed by atoms with Crippen LogP contribution in [-0.4, -0.2) is 24.4 Å². The average Bonchev–Trinajstić information content (AvgIpc) is 3.05. The minimum absolute atomic E-state index is 0.0938. The minimum atomic E-state index is -0.0938. The van der Waals surface area contributed by atoms with Gasteiger partial charge in [-0.3, -0.25) is 0 Å². The van der Waals surface area contributed by atoms with Gasteiger partial charge in [-0.05, 0) is 98.2 Å². The Bertz CT molecular complexity index is 624. The molecule has 0 aromatic rings. The fraction of sp³-hybridized carbons (Fsp3) is 0.929. The van der Waals surface area contributed by atoms with Crippen LogP contribution in [0.5, 0.6) is 0 Å². The summed E-state index contributed by atoms with van der Waals surface area (Å²) in [4.78, 5) is 0. The first-order chi connectivity index (χ1) is 14.3. The number of ether oxygens (including phenoxy) is 1. The van der Waals surface area contributed by atoms with Crippen molar-refractivity contribution in [3.8, 4) is 0 Å². The van der Waals surface area contributed by atoms with E-state index in [0.717, 1.165) is 42.4 Å². The van der Waals surface area contributed by atoms with Crippen molar-refractivity contribution in [2.75, 3.05) is 7.11 Å². The van der Waals surface area contributed by atoms with Crippen molar-refractivity contribution in [1.29, 1.82) is 0 Å². The number of unbranched alkanes of at least 4 members (excludes halogenated alkanes) is 1. The Morgan fingerprint density at radius 2 is 1.80 bits per heavy atom. The van der Waals surface area contributed by atoms with Gasteiger partial charge in [-0.25, -0.2) is 0 Å². The number of aliphatic hydroxyl groups excluding tert-OH is 1. The summed E-state index contributed by atoms with van der Waals surface area (Å²) in [6.45, 7) is 9.86. The van der Waals surface area contributed by atoms with Gasteiger partial charge in [-0.1, -0.05) is 58.6 Å². The predicted octanol–water partition coefficient (Wildman–Crippen LogP) is 7.16. The first-order valence-electron chi connectivity index (χ1n) is 13.2. The van der Waals surface area contributed by atoms with Crippen LogP contribution in [0.15, 0.2) is 11.6 Å². The van der Waals surface area contributed by atoms with Crippen LogP contribution in [0.25, 0.3) is 0 Å². The standard InChI is InChI=1S/C28H48O2/c1-19(2)8-6-7-9-26(30-5)25-13-12-23-22-11-10-20-18-21(29)14-16-27(20,3)24(22)15-17-28(23,25)4/h10,19,21-26,29H,6-9,11-18H2,1-5H3/t21-,22?,23?,24?,25?,26-,27-,28?/m0/s1. The van der Waals surface area contributed by atoms with E-state index in [1.165, 1.54) is 64.2 Å². The minimum Gasteiger partial charge on any atom is -0.393 e. The lowest BCUT2D eigenvalue weighted by Crippen LogP contribution is -2.51. The second kappa shape index (κ2) is 8.89. The van der Waals surface area contributed by atoms with Gasteiger partial charge < -0.3 is 9.84 Å². The Balaban J connectivity index is 1.47. The number of methoxy groups -OCH3 is 1. The molecule has 0 amide bonds. The van der Waals surface area contributed by atoms with E-state index in [2.05, 4.69) is 33.8 Å². The summed E-state index contributed by atoms with van der Waals surface area (Å²) >= 11 is 0. The van der Waals surface area contributed by atoms with Crippen molar-refractivity contribution in [2.24, 2.45) is 40.4 Å². The summed E-state index contributed by atoms with van der Waals surface area (Å²) in [6, 6.07) is 0. The van der Waals surface area contributed by atoms with Gasteiger partial charge in [0.05, 0.1) is 12.2 Å². The summed E-state index contributed by atoms with van der Waals surface area (Å²) < 4.78 is 6.17. The zero-order chi connectivity index (χ0) is 21.5. The molecule has 3 fully saturated rings. The second-order valence-electron chi connectivity index (χ2n) is 12.3. The third-order valence-electron chi connectivity index (χ3n) is 10.4. The lowest BCUT2D eigenvalue weighted by Gasteiger charge is -2.58. The SMILES string of the molecule is CO[C@@H](CCCCC(C)C)C1CCC2C3CC=C4C[C@@H](O)CC[C@]4(C)C3CCC21C. The summed E-state index contributed by atoms with van der Waals surface area (Å²) in [5.41, 5.74) is 2.43. The summed E-state index contributed by atoms with van der Waals surface area (Å²) in [5, 5.41) is 10.2. The molecular weight excluding hydrogens is 368 g/mol. The molecule has 0 saturated heterocycles. The Kier molecular flexibility index (Phi) is 6.77. The molecule has 4 aliphatic carbocycles. The van der Waals surface area contributed by atoms with Gasteiger partial charge in [0.15, 0.2) is 0 Å². The van der Waals surface area contributed by atoms with Gasteiger partial charge in [0.1, 0.15) is 0 Å². The lowest BCUT2D eigenvalue weighted by molar-refractivity contribution is -0.0792. The lowest BCUT2D eigenvalue weighted by atomic mass is 9.47. The maximum atomic E-state index is 10.2. The van der Waals surface area contributed by atoms with Crippen LogP contribution in [0.4, 0.5) is 0 Å². The van der Waals surface area contributed by atoms with Gasteiger partial charge in [0.2, 0.25) is 0 Å². The first kappa shape index (κ1) is 22.8. The van der Waals surface area contributed by atoms with E-state index in [1.54, 1.807) is 5.57 Å². The van der Waals surface area contributed by atoms with Crippen molar-refractivity contribution in [3.63, 3.8) is 0 Å². The van der Waals surface area contributed by atoms with Crippen molar-refractivity contribution >= 4 is 0 Å². The number of hydrogen-bond donors (Lipinski definition) is 1.